The summed E-state index contributed by atoms with van der Waals surface area (Å²) < 4.78 is 15.2. The average molecular weight is 495 g/mol. The molecule has 0 radical (unpaired) electrons. The maximum atomic E-state index is 13.6. The van der Waals surface area contributed by atoms with E-state index in [2.05, 4.69) is 25.5 Å². The summed E-state index contributed by atoms with van der Waals surface area (Å²) >= 11 is 0. The van der Waals surface area contributed by atoms with Crippen molar-refractivity contribution in [1.29, 1.82) is 0 Å². The smallest absolute Gasteiger partial charge is 0.257 e. The number of aromatic nitrogens is 3. The topological polar surface area (TPSA) is 112 Å². The van der Waals surface area contributed by atoms with Crippen molar-refractivity contribution in [1.82, 2.24) is 19.9 Å². The van der Waals surface area contributed by atoms with Crippen molar-refractivity contribution in [2.45, 2.75) is 45.8 Å². The monoisotopic (exact) mass is 494 g/mol. The standard InChI is InChI=1S/C26H31FN6O3/c1-15-14-19(6-7-20(15)27)31-24(35)21-16(2)22(32(4)17(21)3)23(34)25(36)30-18-8-12-33(13-9-18)26-28-10-5-11-29-26/h5-7,10-11,14,18,23,34H,8-9,12-13H2,1-4H3,(H,30,36)(H,31,35). The maximum Gasteiger partial charge on any atom is 0.257 e. The Kier molecular flexibility index (Phi) is 7.35. The van der Waals surface area contributed by atoms with E-state index in [0.717, 1.165) is 0 Å². The van der Waals surface area contributed by atoms with E-state index in [4.69, 9.17) is 0 Å². The van der Waals surface area contributed by atoms with E-state index in [0.29, 0.717) is 65.6 Å². The molecular weight excluding hydrogens is 463 g/mol. The zero-order valence-electron chi connectivity index (χ0n) is 20.9. The highest BCUT2D eigenvalue weighted by atomic mass is 19.1. The number of hydrogen-bond acceptors (Lipinski definition) is 6. The molecule has 3 aromatic rings. The van der Waals surface area contributed by atoms with Gasteiger partial charge in [0.25, 0.3) is 11.8 Å². The average Bonchev–Trinajstić information content (AvgIpc) is 3.09. The summed E-state index contributed by atoms with van der Waals surface area (Å²) in [5.41, 5.74) is 2.75. The van der Waals surface area contributed by atoms with Gasteiger partial charge < -0.3 is 25.2 Å². The number of piperidine rings is 1. The zero-order chi connectivity index (χ0) is 26.0. The Morgan fingerprint density at radius 3 is 2.44 bits per heavy atom. The van der Waals surface area contributed by atoms with Gasteiger partial charge in [-0.1, -0.05) is 0 Å². The highest BCUT2D eigenvalue weighted by molar-refractivity contribution is 6.06. The van der Waals surface area contributed by atoms with Gasteiger partial charge in [-0.2, -0.15) is 0 Å². The number of benzene rings is 1. The lowest BCUT2D eigenvalue weighted by Gasteiger charge is -2.32. The minimum absolute atomic E-state index is 0.0849. The van der Waals surface area contributed by atoms with Crippen LogP contribution in [0.15, 0.2) is 36.7 Å². The van der Waals surface area contributed by atoms with Crippen LogP contribution in [0.4, 0.5) is 16.0 Å². The largest absolute Gasteiger partial charge is 0.377 e. The molecule has 1 aromatic carbocycles. The van der Waals surface area contributed by atoms with Crippen molar-refractivity contribution < 1.29 is 19.1 Å². The number of aliphatic hydroxyl groups is 1. The fraction of sp³-hybridized carbons (Fsp3) is 0.385. The van der Waals surface area contributed by atoms with Crippen LogP contribution in [-0.2, 0) is 11.8 Å². The van der Waals surface area contributed by atoms with Crippen LogP contribution in [0.25, 0.3) is 0 Å². The molecule has 190 valence electrons. The molecule has 4 rings (SSSR count). The fourth-order valence-corrected chi connectivity index (χ4v) is 4.72. The Hall–Kier alpha value is -3.79. The summed E-state index contributed by atoms with van der Waals surface area (Å²) in [6.45, 7) is 6.48. The Morgan fingerprint density at radius 1 is 1.14 bits per heavy atom. The lowest BCUT2D eigenvalue weighted by molar-refractivity contribution is -0.130. The number of carbonyl (C=O) groups excluding carboxylic acids is 2. The number of hydrogen-bond donors (Lipinski definition) is 3. The molecule has 0 aliphatic carbocycles. The van der Waals surface area contributed by atoms with Gasteiger partial charge in [0, 0.05) is 50.0 Å². The molecular formula is C26H31FN6O3. The van der Waals surface area contributed by atoms with Crippen molar-refractivity contribution in [2.75, 3.05) is 23.3 Å². The summed E-state index contributed by atoms with van der Waals surface area (Å²) in [5.74, 6) is -0.579. The molecule has 3 heterocycles. The number of aryl methyl sites for hydroxylation is 1. The molecule has 2 amide bonds. The van der Waals surface area contributed by atoms with Crippen LogP contribution in [0.1, 0.15) is 51.8 Å². The number of rotatable bonds is 6. The first kappa shape index (κ1) is 25.3. The molecule has 1 aliphatic rings. The van der Waals surface area contributed by atoms with Crippen LogP contribution < -0.4 is 15.5 Å². The lowest BCUT2D eigenvalue weighted by atomic mass is 10.0. The number of anilines is 2. The third kappa shape index (κ3) is 5.08. The Bertz CT molecular complexity index is 1270. The van der Waals surface area contributed by atoms with Gasteiger partial charge in [0.05, 0.1) is 11.3 Å². The predicted molar refractivity (Wildman–Crippen MR) is 134 cm³/mol. The van der Waals surface area contributed by atoms with Crippen LogP contribution in [-0.4, -0.2) is 50.6 Å². The van der Waals surface area contributed by atoms with E-state index in [1.807, 2.05) is 0 Å². The summed E-state index contributed by atoms with van der Waals surface area (Å²) in [6, 6.07) is 6.03. The van der Waals surface area contributed by atoms with Crippen LogP contribution >= 0.6 is 0 Å². The highest BCUT2D eigenvalue weighted by Crippen LogP contribution is 2.28. The Morgan fingerprint density at radius 2 is 1.81 bits per heavy atom. The lowest BCUT2D eigenvalue weighted by Crippen LogP contribution is -2.46. The number of amides is 2. The van der Waals surface area contributed by atoms with Crippen molar-refractivity contribution in [3.8, 4) is 0 Å². The number of halogens is 1. The minimum atomic E-state index is -1.43. The van der Waals surface area contributed by atoms with Gasteiger partial charge in [-0.15, -0.1) is 0 Å². The second kappa shape index (κ2) is 10.4. The fourth-order valence-electron chi connectivity index (χ4n) is 4.72. The van der Waals surface area contributed by atoms with E-state index in [9.17, 15) is 19.1 Å². The molecule has 1 atom stereocenters. The van der Waals surface area contributed by atoms with E-state index >= 15 is 0 Å². The van der Waals surface area contributed by atoms with E-state index in [1.54, 1.807) is 56.9 Å². The molecule has 0 bridgehead atoms. The normalized spacial score (nSPS) is 15.0. The second-order valence-electron chi connectivity index (χ2n) is 9.17. The van der Waals surface area contributed by atoms with Gasteiger partial charge >= 0.3 is 0 Å². The number of nitrogens with zero attached hydrogens (tertiary/aromatic N) is 4. The minimum Gasteiger partial charge on any atom is -0.377 e. The van der Waals surface area contributed by atoms with Crippen LogP contribution in [0, 0.1) is 26.6 Å². The van der Waals surface area contributed by atoms with Gasteiger partial charge in [-0.05, 0) is 69.0 Å². The number of nitrogens with one attached hydrogen (secondary N) is 2. The van der Waals surface area contributed by atoms with E-state index in [-0.39, 0.29) is 17.8 Å². The van der Waals surface area contributed by atoms with Gasteiger partial charge in [0.15, 0.2) is 6.10 Å². The van der Waals surface area contributed by atoms with Crippen LogP contribution in [0.2, 0.25) is 0 Å². The molecule has 0 spiro atoms. The molecule has 1 fully saturated rings. The van der Waals surface area contributed by atoms with Crippen molar-refractivity contribution in [3.05, 3.63) is 70.6 Å². The molecule has 3 N–H and O–H groups in total. The number of aliphatic hydroxyl groups excluding tert-OH is 1. The maximum absolute atomic E-state index is 13.6. The predicted octanol–water partition coefficient (Wildman–Crippen LogP) is 2.95. The van der Waals surface area contributed by atoms with E-state index < -0.39 is 12.0 Å². The number of carbonyl (C=O) groups is 2. The van der Waals surface area contributed by atoms with E-state index in [1.165, 1.54) is 12.1 Å². The summed E-state index contributed by atoms with van der Waals surface area (Å²) in [6.07, 6.45) is 3.37. The molecule has 10 heteroatoms. The summed E-state index contributed by atoms with van der Waals surface area (Å²) in [4.78, 5) is 36.6. The van der Waals surface area contributed by atoms with Crippen LogP contribution in [0.5, 0.6) is 0 Å². The van der Waals surface area contributed by atoms with Crippen molar-refractivity contribution in [2.24, 2.45) is 7.05 Å². The van der Waals surface area contributed by atoms with Crippen LogP contribution in [0.3, 0.4) is 0 Å². The van der Waals surface area contributed by atoms with Gasteiger partial charge in [0.1, 0.15) is 5.82 Å². The first-order valence-corrected chi connectivity index (χ1v) is 11.9. The second-order valence-corrected chi connectivity index (χ2v) is 9.17. The first-order chi connectivity index (χ1) is 17.2. The first-order valence-electron chi connectivity index (χ1n) is 11.9. The molecule has 36 heavy (non-hydrogen) atoms. The van der Waals surface area contributed by atoms with Gasteiger partial charge in [0.2, 0.25) is 5.95 Å². The Balaban J connectivity index is 1.43. The molecule has 1 saturated heterocycles. The SMILES string of the molecule is Cc1cc(NC(=O)c2c(C)c(C(O)C(=O)NC3CCN(c4ncccn4)CC3)n(C)c2C)ccc1F. The van der Waals surface area contributed by atoms with Crippen molar-refractivity contribution in [3.63, 3.8) is 0 Å². The van der Waals surface area contributed by atoms with Gasteiger partial charge in [-0.25, -0.2) is 14.4 Å². The Labute approximate surface area is 209 Å². The summed E-state index contributed by atoms with van der Waals surface area (Å²) in [7, 11) is 1.71. The summed E-state index contributed by atoms with van der Waals surface area (Å²) in [5, 5.41) is 16.7. The zero-order valence-corrected chi connectivity index (χ0v) is 20.9. The molecule has 1 aliphatic heterocycles. The third-order valence-electron chi connectivity index (χ3n) is 6.81. The molecule has 0 saturated carbocycles. The highest BCUT2D eigenvalue weighted by Gasteiger charge is 2.31. The third-order valence-corrected chi connectivity index (χ3v) is 6.81. The van der Waals surface area contributed by atoms with Crippen molar-refractivity contribution >= 4 is 23.5 Å². The quantitative estimate of drug-likeness (QED) is 0.486. The molecule has 2 aromatic heterocycles. The molecule has 9 nitrogen and oxygen atoms in total. The molecule has 1 unspecified atom stereocenters. The van der Waals surface area contributed by atoms with Gasteiger partial charge in [-0.3, -0.25) is 9.59 Å².